The molecule has 28 heavy (non-hydrogen) atoms. The molecule has 3 amide bonds. The van der Waals surface area contributed by atoms with Gasteiger partial charge in [0, 0.05) is 33.3 Å². The van der Waals surface area contributed by atoms with Gasteiger partial charge in [-0.15, -0.1) is 11.8 Å². The Morgan fingerprint density at radius 2 is 1.96 bits per heavy atom. The monoisotopic (exact) mass is 417 g/mol. The average molecular weight is 418 g/mol. The van der Waals surface area contributed by atoms with E-state index in [2.05, 4.69) is 10.6 Å². The molecule has 0 saturated carbocycles. The van der Waals surface area contributed by atoms with Crippen LogP contribution in [0.1, 0.15) is 19.4 Å². The van der Waals surface area contributed by atoms with Gasteiger partial charge in [0.05, 0.1) is 7.11 Å². The zero-order valence-electron chi connectivity index (χ0n) is 15.7. The number of anilines is 2. The van der Waals surface area contributed by atoms with Gasteiger partial charge in [0.25, 0.3) is 5.91 Å². The van der Waals surface area contributed by atoms with Crippen molar-refractivity contribution in [2.24, 2.45) is 0 Å². The topological polar surface area (TPSA) is 70.7 Å². The van der Waals surface area contributed by atoms with Crippen molar-refractivity contribution in [2.45, 2.75) is 23.5 Å². The van der Waals surface area contributed by atoms with Gasteiger partial charge in [-0.2, -0.15) is 0 Å². The largest absolute Gasteiger partial charge is 0.497 e. The summed E-state index contributed by atoms with van der Waals surface area (Å²) in [6.45, 7) is 4.46. The van der Waals surface area contributed by atoms with E-state index >= 15 is 0 Å². The first-order valence-corrected chi connectivity index (χ1v) is 9.99. The van der Waals surface area contributed by atoms with E-state index in [-0.39, 0.29) is 16.7 Å². The Hall–Kier alpha value is -2.38. The van der Waals surface area contributed by atoms with E-state index in [1.807, 2.05) is 13.8 Å². The fraction of sp³-hybridized carbons (Fsp3) is 0.300. The van der Waals surface area contributed by atoms with Crippen molar-refractivity contribution in [3.8, 4) is 5.75 Å². The van der Waals surface area contributed by atoms with Crippen LogP contribution in [0.4, 0.5) is 16.2 Å². The minimum absolute atomic E-state index is 0.231. The summed E-state index contributed by atoms with van der Waals surface area (Å²) in [6, 6.07) is 12.0. The predicted octanol–water partition coefficient (Wildman–Crippen LogP) is 4.51. The molecule has 1 saturated heterocycles. The summed E-state index contributed by atoms with van der Waals surface area (Å²) in [5.41, 5.74) is 2.02. The number of fused-ring (bicyclic) bond motifs is 2. The van der Waals surface area contributed by atoms with Crippen molar-refractivity contribution in [3.05, 3.63) is 53.1 Å². The molecule has 2 heterocycles. The van der Waals surface area contributed by atoms with Gasteiger partial charge in [-0.1, -0.05) is 11.6 Å². The van der Waals surface area contributed by atoms with Crippen molar-refractivity contribution in [1.82, 2.24) is 4.90 Å². The Morgan fingerprint density at radius 3 is 2.64 bits per heavy atom. The first kappa shape index (κ1) is 19.0. The van der Waals surface area contributed by atoms with Gasteiger partial charge in [-0.25, -0.2) is 4.79 Å². The Labute approximate surface area is 172 Å². The first-order valence-electron chi connectivity index (χ1n) is 8.79. The molecule has 0 aliphatic carbocycles. The lowest BCUT2D eigenvalue weighted by Crippen LogP contribution is -2.49. The zero-order valence-corrected chi connectivity index (χ0v) is 17.3. The van der Waals surface area contributed by atoms with Crippen LogP contribution in [0.5, 0.6) is 5.75 Å². The maximum Gasteiger partial charge on any atom is 0.323 e. The fourth-order valence-electron chi connectivity index (χ4n) is 3.66. The molecule has 1 spiro atoms. The molecule has 0 aromatic heterocycles. The third-order valence-electron chi connectivity index (χ3n) is 4.83. The Morgan fingerprint density at radius 1 is 1.25 bits per heavy atom. The molecule has 0 bridgehead atoms. The average Bonchev–Trinajstić information content (AvgIpc) is 3.10. The Balaban J connectivity index is 1.72. The molecule has 1 atom stereocenters. The Kier molecular flexibility index (Phi) is 4.47. The van der Waals surface area contributed by atoms with Gasteiger partial charge >= 0.3 is 6.03 Å². The van der Waals surface area contributed by atoms with Gasteiger partial charge in [-0.05, 0) is 56.3 Å². The molecule has 1 fully saturated rings. The summed E-state index contributed by atoms with van der Waals surface area (Å²) in [7, 11) is 1.59. The molecule has 2 N–H and O–H groups in total. The highest BCUT2D eigenvalue weighted by Crippen LogP contribution is 2.58. The van der Waals surface area contributed by atoms with Crippen LogP contribution in [-0.4, -0.2) is 35.2 Å². The van der Waals surface area contributed by atoms with E-state index in [0.717, 1.165) is 0 Å². The van der Waals surface area contributed by atoms with Crippen LogP contribution in [0.25, 0.3) is 0 Å². The van der Waals surface area contributed by atoms with Gasteiger partial charge in [0.15, 0.2) is 4.87 Å². The van der Waals surface area contributed by atoms with Crippen molar-refractivity contribution < 1.29 is 14.3 Å². The van der Waals surface area contributed by atoms with Crippen molar-refractivity contribution in [3.63, 3.8) is 0 Å². The lowest BCUT2D eigenvalue weighted by atomic mass is 10.0. The molecule has 6 nitrogen and oxygen atoms in total. The molecular weight excluding hydrogens is 398 g/mol. The molecule has 0 radical (unpaired) electrons. The van der Waals surface area contributed by atoms with Gasteiger partial charge < -0.3 is 15.4 Å². The number of amides is 3. The summed E-state index contributed by atoms with van der Waals surface area (Å²) in [6.07, 6.45) is 0. The van der Waals surface area contributed by atoms with Gasteiger partial charge in [0.2, 0.25) is 0 Å². The van der Waals surface area contributed by atoms with Crippen LogP contribution in [-0.2, 0) is 9.67 Å². The lowest BCUT2D eigenvalue weighted by Gasteiger charge is -2.32. The lowest BCUT2D eigenvalue weighted by molar-refractivity contribution is -0.121. The number of thioether (sulfide) groups is 1. The summed E-state index contributed by atoms with van der Waals surface area (Å²) in [4.78, 5) is 26.8. The molecule has 2 aromatic carbocycles. The fourth-order valence-corrected chi connectivity index (χ4v) is 5.51. The highest BCUT2D eigenvalue weighted by atomic mass is 35.5. The molecule has 146 valence electrons. The number of carbonyl (C=O) groups excluding carboxylic acids is 2. The molecule has 8 heteroatoms. The number of carbonyl (C=O) groups is 2. The number of nitrogens with one attached hydrogen (secondary N) is 2. The van der Waals surface area contributed by atoms with Crippen molar-refractivity contribution >= 4 is 46.7 Å². The molecule has 2 aliphatic heterocycles. The van der Waals surface area contributed by atoms with Crippen LogP contribution < -0.4 is 15.4 Å². The molecule has 1 unspecified atom stereocenters. The molecule has 2 aromatic rings. The standard InChI is InChI=1S/C20H20ClN3O3S/c1-19(2)11-24(18(26)22-13-5-7-14(27-3)8-6-13)20(28-19)15-10-12(21)4-9-16(15)23-17(20)25/h4-10H,11H2,1-3H3,(H,22,26)(H,23,25). The number of hydrogen-bond acceptors (Lipinski definition) is 4. The van der Waals surface area contributed by atoms with E-state index < -0.39 is 4.87 Å². The van der Waals surface area contributed by atoms with E-state index in [1.165, 1.54) is 11.8 Å². The number of rotatable bonds is 2. The van der Waals surface area contributed by atoms with Crippen LogP contribution in [0.3, 0.4) is 0 Å². The van der Waals surface area contributed by atoms with E-state index in [9.17, 15) is 9.59 Å². The minimum Gasteiger partial charge on any atom is -0.497 e. The third kappa shape index (κ3) is 2.99. The Bertz CT molecular complexity index is 964. The molecular formula is C20H20ClN3O3S. The smallest absolute Gasteiger partial charge is 0.323 e. The minimum atomic E-state index is -1.15. The summed E-state index contributed by atoms with van der Waals surface area (Å²) < 4.78 is 4.84. The van der Waals surface area contributed by atoms with Crippen molar-refractivity contribution in [1.29, 1.82) is 0 Å². The summed E-state index contributed by atoms with van der Waals surface area (Å²) in [5.74, 6) is 0.469. The van der Waals surface area contributed by atoms with Crippen LogP contribution >= 0.6 is 23.4 Å². The number of ether oxygens (including phenoxy) is 1. The second-order valence-corrected chi connectivity index (χ2v) is 9.73. The third-order valence-corrected chi connectivity index (χ3v) is 6.67. The normalized spacial score (nSPS) is 22.1. The first-order chi connectivity index (χ1) is 13.2. The number of halogens is 1. The summed E-state index contributed by atoms with van der Waals surface area (Å²) >= 11 is 7.67. The highest BCUT2D eigenvalue weighted by molar-refractivity contribution is 8.02. The van der Waals surface area contributed by atoms with Gasteiger partial charge in [0.1, 0.15) is 5.75 Å². The van der Waals surface area contributed by atoms with E-state index in [0.29, 0.717) is 34.3 Å². The molecule has 4 rings (SSSR count). The predicted molar refractivity (Wildman–Crippen MR) is 112 cm³/mol. The number of urea groups is 1. The molecule has 2 aliphatic rings. The highest BCUT2D eigenvalue weighted by Gasteiger charge is 2.61. The van der Waals surface area contributed by atoms with Gasteiger partial charge in [-0.3, -0.25) is 9.69 Å². The number of hydrogen-bond donors (Lipinski definition) is 2. The number of methoxy groups -OCH3 is 1. The second kappa shape index (κ2) is 6.60. The zero-order chi connectivity index (χ0) is 20.1. The second-order valence-electron chi connectivity index (χ2n) is 7.39. The maximum absolute atomic E-state index is 13.2. The maximum atomic E-state index is 13.2. The van der Waals surface area contributed by atoms with Crippen LogP contribution in [0.15, 0.2) is 42.5 Å². The number of nitrogens with zero attached hydrogens (tertiary/aromatic N) is 1. The quantitative estimate of drug-likeness (QED) is 0.754. The van der Waals surface area contributed by atoms with E-state index in [1.54, 1.807) is 54.5 Å². The van der Waals surface area contributed by atoms with E-state index in [4.69, 9.17) is 16.3 Å². The number of benzene rings is 2. The SMILES string of the molecule is COc1ccc(NC(=O)N2CC(C)(C)SC23C(=O)Nc2ccc(Cl)cc23)cc1. The summed E-state index contributed by atoms with van der Waals surface area (Å²) in [5, 5.41) is 6.32. The van der Waals surface area contributed by atoms with Crippen LogP contribution in [0, 0.1) is 0 Å². The van der Waals surface area contributed by atoms with Crippen molar-refractivity contribution in [2.75, 3.05) is 24.3 Å². The van der Waals surface area contributed by atoms with Crippen LogP contribution in [0.2, 0.25) is 5.02 Å².